The highest BCUT2D eigenvalue weighted by Gasteiger charge is 2.60. The smallest absolute Gasteiger partial charge is 0.458 e. The van der Waals surface area contributed by atoms with Gasteiger partial charge in [0.1, 0.15) is 11.3 Å². The Kier molecular flexibility index (Phi) is 5.49. The predicted octanol–water partition coefficient (Wildman–Crippen LogP) is 3.62. The van der Waals surface area contributed by atoms with Crippen molar-refractivity contribution < 1.29 is 45.2 Å². The largest absolute Gasteiger partial charge is 0.534 e. The topological polar surface area (TPSA) is 107 Å². The maximum atomic E-state index is 12.6. The van der Waals surface area contributed by atoms with Crippen LogP contribution in [0.15, 0.2) is 23.9 Å². The molecule has 1 aromatic carbocycles. The molecule has 0 radical (unpaired) electrons. The van der Waals surface area contributed by atoms with E-state index in [1.165, 1.54) is 6.92 Å². The summed E-state index contributed by atoms with van der Waals surface area (Å²) in [5.74, 6) is -1.61. The number of carbonyl (C=O) groups excluding carboxylic acids is 1. The van der Waals surface area contributed by atoms with Crippen molar-refractivity contribution in [3.8, 4) is 5.75 Å². The number of carbonyl (C=O) groups is 2. The fourth-order valence-electron chi connectivity index (χ4n) is 3.17. The second-order valence-electron chi connectivity index (χ2n) is 7.08. The molecule has 0 saturated carbocycles. The molecule has 0 fully saturated rings. The third-order valence-electron chi connectivity index (χ3n) is 4.28. The quantitative estimate of drug-likeness (QED) is 0.331. The Balaban J connectivity index is 2.70. The maximum Gasteiger partial charge on any atom is 0.534 e. The molecule has 2 rings (SSSR count). The first kappa shape index (κ1) is 22.7. The molecule has 0 saturated heterocycles. The SMILES string of the molecule is CCOC(=O)C1=Cc2cc(OS(=O)(=O)C(F)(F)F)ccc2[N+]1(C(=O)O)C(C)(C)C. The van der Waals surface area contributed by atoms with Gasteiger partial charge in [-0.1, -0.05) is 0 Å². The molecule has 0 aromatic heterocycles. The molecule has 1 aliphatic heterocycles. The molecule has 1 unspecified atom stereocenters. The van der Waals surface area contributed by atoms with E-state index in [4.69, 9.17) is 4.74 Å². The van der Waals surface area contributed by atoms with Gasteiger partial charge in [0.2, 0.25) is 5.70 Å². The Hall–Kier alpha value is -2.60. The standard InChI is InChI=1S/C17H18F3NO7S/c1-5-27-14(22)13-9-10-8-11(28-29(25,26)17(18,19)20)6-7-12(10)21(13,15(23)24)16(2,3)4/h6-9H,5H2,1-4H3/p+1. The number of hydrogen-bond donors (Lipinski definition) is 1. The molecule has 1 N–H and O–H groups in total. The van der Waals surface area contributed by atoms with E-state index in [9.17, 15) is 36.3 Å². The van der Waals surface area contributed by atoms with E-state index >= 15 is 0 Å². The van der Waals surface area contributed by atoms with Crippen LogP contribution in [0.2, 0.25) is 0 Å². The summed E-state index contributed by atoms with van der Waals surface area (Å²) < 4.78 is 68.2. The third kappa shape index (κ3) is 3.57. The second kappa shape index (κ2) is 7.02. The number of fused-ring (bicyclic) bond motifs is 1. The predicted molar refractivity (Wildman–Crippen MR) is 96.2 cm³/mol. The Morgan fingerprint density at radius 1 is 1.17 bits per heavy atom. The van der Waals surface area contributed by atoms with E-state index in [1.54, 1.807) is 20.8 Å². The lowest BCUT2D eigenvalue weighted by Gasteiger charge is -2.40. The molecular formula is C17H19F3NO7S+. The van der Waals surface area contributed by atoms with Gasteiger partial charge in [-0.15, -0.1) is 4.48 Å². The molecule has 0 spiro atoms. The zero-order valence-corrected chi connectivity index (χ0v) is 16.7. The average Bonchev–Trinajstić information content (AvgIpc) is 2.88. The zero-order valence-electron chi connectivity index (χ0n) is 15.9. The fraction of sp³-hybridized carbons (Fsp3) is 0.412. The van der Waals surface area contributed by atoms with Gasteiger partial charge >= 0.3 is 27.7 Å². The summed E-state index contributed by atoms with van der Waals surface area (Å²) in [6.07, 6.45) is -0.285. The summed E-state index contributed by atoms with van der Waals surface area (Å²) in [4.78, 5) is 24.8. The van der Waals surface area contributed by atoms with E-state index in [0.29, 0.717) is 0 Å². The number of carboxylic acid groups (broad SMARTS) is 1. The molecule has 0 aliphatic carbocycles. The lowest BCUT2D eigenvalue weighted by Crippen LogP contribution is -2.64. The Labute approximate surface area is 164 Å². The summed E-state index contributed by atoms with van der Waals surface area (Å²) in [6, 6.07) is 2.93. The third-order valence-corrected chi connectivity index (χ3v) is 5.26. The van der Waals surface area contributed by atoms with Gasteiger partial charge in [-0.2, -0.15) is 26.4 Å². The molecule has 1 aromatic rings. The van der Waals surface area contributed by atoms with Crippen LogP contribution in [0.4, 0.5) is 23.7 Å². The van der Waals surface area contributed by atoms with E-state index < -0.39 is 43.5 Å². The molecule has 1 aliphatic rings. The van der Waals surface area contributed by atoms with Gasteiger partial charge in [-0.25, -0.2) is 4.79 Å². The number of benzene rings is 1. The fourth-order valence-corrected chi connectivity index (χ4v) is 3.62. The molecule has 1 amide bonds. The lowest BCUT2D eigenvalue weighted by molar-refractivity contribution is -0.140. The van der Waals surface area contributed by atoms with Crippen LogP contribution >= 0.6 is 0 Å². The van der Waals surface area contributed by atoms with Crippen molar-refractivity contribution in [2.24, 2.45) is 0 Å². The van der Waals surface area contributed by atoms with Crippen molar-refractivity contribution in [1.82, 2.24) is 4.48 Å². The van der Waals surface area contributed by atoms with Crippen molar-refractivity contribution >= 4 is 33.9 Å². The van der Waals surface area contributed by atoms with Crippen LogP contribution < -0.4 is 8.67 Å². The summed E-state index contributed by atoms with van der Waals surface area (Å²) in [6.45, 7) is 6.17. The van der Waals surface area contributed by atoms with E-state index in [2.05, 4.69) is 4.18 Å². The Bertz CT molecular complexity index is 993. The number of hydrogen-bond acceptors (Lipinski definition) is 6. The molecule has 8 nitrogen and oxygen atoms in total. The van der Waals surface area contributed by atoms with Gasteiger partial charge in [0.05, 0.1) is 6.61 Å². The van der Waals surface area contributed by atoms with Gasteiger partial charge in [-0.3, -0.25) is 0 Å². The van der Waals surface area contributed by atoms with Crippen molar-refractivity contribution in [2.75, 3.05) is 6.61 Å². The molecule has 1 atom stereocenters. The second-order valence-corrected chi connectivity index (χ2v) is 8.62. The van der Waals surface area contributed by atoms with Gasteiger partial charge in [-0.05, 0) is 39.8 Å². The average molecular weight is 438 g/mol. The van der Waals surface area contributed by atoms with Crippen molar-refractivity contribution in [1.29, 1.82) is 0 Å². The van der Waals surface area contributed by atoms with Crippen LogP contribution in [0.1, 0.15) is 33.3 Å². The van der Waals surface area contributed by atoms with E-state index in [1.807, 2.05) is 0 Å². The first-order chi connectivity index (χ1) is 13.1. The number of ether oxygens (including phenoxy) is 1. The van der Waals surface area contributed by atoms with Crippen molar-refractivity contribution in [3.05, 3.63) is 29.5 Å². The minimum Gasteiger partial charge on any atom is -0.458 e. The summed E-state index contributed by atoms with van der Waals surface area (Å²) in [7, 11) is -5.91. The zero-order chi connectivity index (χ0) is 22.4. The monoisotopic (exact) mass is 438 g/mol. The van der Waals surface area contributed by atoms with E-state index in [0.717, 1.165) is 24.3 Å². The number of nitrogens with zero attached hydrogens (tertiary/aromatic N) is 1. The minimum absolute atomic E-state index is 0.0141. The Morgan fingerprint density at radius 3 is 2.21 bits per heavy atom. The van der Waals surface area contributed by atoms with Crippen LogP contribution in [-0.2, 0) is 19.6 Å². The first-order valence-electron chi connectivity index (χ1n) is 8.27. The van der Waals surface area contributed by atoms with Gasteiger partial charge in [0.25, 0.3) is 0 Å². The summed E-state index contributed by atoms with van der Waals surface area (Å²) in [5.41, 5.74) is -6.97. The highest BCUT2D eigenvalue weighted by Crippen LogP contribution is 2.48. The summed E-state index contributed by atoms with van der Waals surface area (Å²) in [5, 5.41) is 10.0. The maximum absolute atomic E-state index is 12.6. The van der Waals surface area contributed by atoms with Crippen molar-refractivity contribution in [2.45, 2.75) is 38.7 Å². The van der Waals surface area contributed by atoms with Gasteiger partial charge < -0.3 is 14.0 Å². The summed E-state index contributed by atoms with van der Waals surface area (Å²) >= 11 is 0. The van der Waals surface area contributed by atoms with Crippen LogP contribution in [0.5, 0.6) is 5.75 Å². The highest BCUT2D eigenvalue weighted by molar-refractivity contribution is 7.88. The highest BCUT2D eigenvalue weighted by atomic mass is 32.2. The molecule has 160 valence electrons. The van der Waals surface area contributed by atoms with Crippen LogP contribution in [-0.4, -0.2) is 43.2 Å². The van der Waals surface area contributed by atoms with Crippen LogP contribution in [0.25, 0.3) is 6.08 Å². The van der Waals surface area contributed by atoms with E-state index in [-0.39, 0.29) is 23.6 Å². The molecule has 1 heterocycles. The first-order valence-corrected chi connectivity index (χ1v) is 9.68. The minimum atomic E-state index is -5.91. The van der Waals surface area contributed by atoms with Crippen LogP contribution in [0.3, 0.4) is 0 Å². The number of alkyl halides is 3. The number of rotatable bonds is 4. The molecule has 0 bridgehead atoms. The lowest BCUT2D eigenvalue weighted by atomic mass is 9.99. The number of esters is 1. The Morgan fingerprint density at radius 2 is 1.76 bits per heavy atom. The number of quaternary nitrogens is 1. The van der Waals surface area contributed by atoms with Crippen LogP contribution in [0, 0.1) is 0 Å². The van der Waals surface area contributed by atoms with Crippen molar-refractivity contribution in [3.63, 3.8) is 0 Å². The number of halogens is 3. The van der Waals surface area contributed by atoms with Gasteiger partial charge in [0.15, 0.2) is 5.69 Å². The molecule has 12 heteroatoms. The normalized spacial score (nSPS) is 19.3. The van der Waals surface area contributed by atoms with Gasteiger partial charge in [0, 0.05) is 17.7 Å². The number of amides is 1. The molecular weight excluding hydrogens is 419 g/mol. The molecule has 29 heavy (non-hydrogen) atoms.